The van der Waals surface area contributed by atoms with E-state index in [9.17, 15) is 0 Å². The maximum atomic E-state index is 5.70. The third-order valence-electron chi connectivity index (χ3n) is 2.86. The van der Waals surface area contributed by atoms with Crippen LogP contribution in [0, 0.1) is 0 Å². The van der Waals surface area contributed by atoms with Crippen LogP contribution in [0.15, 0.2) is 51.4 Å². The number of ether oxygens (including phenoxy) is 1. The molecule has 0 saturated heterocycles. The van der Waals surface area contributed by atoms with Gasteiger partial charge in [-0.25, -0.2) is 4.98 Å². The molecule has 2 aromatic carbocycles. The van der Waals surface area contributed by atoms with Crippen molar-refractivity contribution in [2.75, 3.05) is 5.73 Å². The highest BCUT2D eigenvalue weighted by Gasteiger charge is 2.06. The molecule has 0 aliphatic carbocycles. The van der Waals surface area contributed by atoms with Crippen LogP contribution in [0.1, 0.15) is 11.5 Å². The van der Waals surface area contributed by atoms with Crippen LogP contribution in [0.2, 0.25) is 0 Å². The summed E-state index contributed by atoms with van der Waals surface area (Å²) >= 11 is 3.40. The number of benzene rings is 2. The number of nitrogens with zero attached hydrogens (tertiary/aromatic N) is 1. The number of rotatable bonds is 4. The van der Waals surface area contributed by atoms with Crippen molar-refractivity contribution in [1.29, 1.82) is 0 Å². The largest absolute Gasteiger partial charge is 0.438 e. The van der Waals surface area contributed by atoms with E-state index >= 15 is 0 Å². The van der Waals surface area contributed by atoms with Crippen LogP contribution in [0.3, 0.4) is 0 Å². The average molecular weight is 333 g/mol. The molecule has 3 rings (SSSR count). The Morgan fingerprint density at radius 1 is 1.10 bits per heavy atom. The molecule has 2 N–H and O–H groups in total. The Hall–Kier alpha value is -1.85. The number of oxazole rings is 1. The third kappa shape index (κ3) is 3.00. The molecule has 0 unspecified atom stereocenters. The van der Waals surface area contributed by atoms with Crippen molar-refractivity contribution in [3.8, 4) is 0 Å². The van der Waals surface area contributed by atoms with Gasteiger partial charge in [-0.2, -0.15) is 0 Å². The first-order valence-corrected chi connectivity index (χ1v) is 6.97. The van der Waals surface area contributed by atoms with E-state index in [-0.39, 0.29) is 0 Å². The van der Waals surface area contributed by atoms with Gasteiger partial charge in [-0.1, -0.05) is 28.1 Å². The van der Waals surface area contributed by atoms with Gasteiger partial charge in [-0.3, -0.25) is 0 Å². The van der Waals surface area contributed by atoms with Crippen molar-refractivity contribution in [2.45, 2.75) is 13.2 Å². The van der Waals surface area contributed by atoms with Gasteiger partial charge in [0.15, 0.2) is 5.58 Å². The van der Waals surface area contributed by atoms with Gasteiger partial charge in [0, 0.05) is 16.2 Å². The second-order valence-electron chi connectivity index (χ2n) is 4.45. The number of aromatic nitrogens is 1. The van der Waals surface area contributed by atoms with Gasteiger partial charge in [-0.05, 0) is 29.8 Å². The second-order valence-corrected chi connectivity index (χ2v) is 5.37. The maximum absolute atomic E-state index is 5.70. The summed E-state index contributed by atoms with van der Waals surface area (Å²) in [7, 11) is 0. The summed E-state index contributed by atoms with van der Waals surface area (Å²) in [5.74, 6) is 0.558. The molecular formula is C15H13BrN2O2. The molecule has 20 heavy (non-hydrogen) atoms. The highest BCUT2D eigenvalue weighted by molar-refractivity contribution is 9.10. The Morgan fingerprint density at radius 3 is 2.70 bits per heavy atom. The lowest BCUT2D eigenvalue weighted by Crippen LogP contribution is -1.94. The van der Waals surface area contributed by atoms with Gasteiger partial charge in [0.25, 0.3) is 0 Å². The number of anilines is 1. The molecular weight excluding hydrogens is 320 g/mol. The van der Waals surface area contributed by atoms with E-state index in [0.717, 1.165) is 15.6 Å². The molecule has 0 fully saturated rings. The first-order valence-electron chi connectivity index (χ1n) is 6.18. The van der Waals surface area contributed by atoms with E-state index in [1.807, 2.05) is 30.3 Å². The lowest BCUT2D eigenvalue weighted by atomic mass is 10.2. The van der Waals surface area contributed by atoms with Crippen LogP contribution < -0.4 is 5.73 Å². The fourth-order valence-corrected chi connectivity index (χ4v) is 2.15. The van der Waals surface area contributed by atoms with Crippen LogP contribution in [0.5, 0.6) is 0 Å². The number of hydrogen-bond donors (Lipinski definition) is 1. The molecule has 0 amide bonds. The topological polar surface area (TPSA) is 61.3 Å². The molecule has 0 radical (unpaired) electrons. The van der Waals surface area contributed by atoms with Gasteiger partial charge < -0.3 is 14.9 Å². The highest BCUT2D eigenvalue weighted by Crippen LogP contribution is 2.19. The quantitative estimate of drug-likeness (QED) is 0.736. The summed E-state index contributed by atoms with van der Waals surface area (Å²) in [6.07, 6.45) is 0. The van der Waals surface area contributed by atoms with Gasteiger partial charge in [0.2, 0.25) is 5.89 Å². The average Bonchev–Trinajstić information content (AvgIpc) is 2.83. The molecule has 3 aromatic rings. The van der Waals surface area contributed by atoms with E-state index in [4.69, 9.17) is 14.9 Å². The summed E-state index contributed by atoms with van der Waals surface area (Å²) < 4.78 is 12.2. The SMILES string of the molecule is Nc1ccc2nc(COCc3ccc(Br)cc3)oc2c1. The van der Waals surface area contributed by atoms with E-state index in [2.05, 4.69) is 20.9 Å². The van der Waals surface area contributed by atoms with Crippen LogP contribution >= 0.6 is 15.9 Å². The Bertz CT molecular complexity index is 722. The molecule has 0 saturated carbocycles. The van der Waals surface area contributed by atoms with Gasteiger partial charge in [0.1, 0.15) is 12.1 Å². The Morgan fingerprint density at radius 2 is 1.90 bits per heavy atom. The summed E-state index contributed by atoms with van der Waals surface area (Å²) in [4.78, 5) is 4.34. The smallest absolute Gasteiger partial charge is 0.221 e. The third-order valence-corrected chi connectivity index (χ3v) is 3.39. The van der Waals surface area contributed by atoms with E-state index < -0.39 is 0 Å². The zero-order valence-corrected chi connectivity index (χ0v) is 12.3. The van der Waals surface area contributed by atoms with Crippen LogP contribution in [-0.4, -0.2) is 4.98 Å². The van der Waals surface area contributed by atoms with Crippen LogP contribution in [-0.2, 0) is 18.0 Å². The van der Waals surface area contributed by atoms with E-state index in [0.29, 0.717) is 30.4 Å². The first kappa shape index (κ1) is 13.1. The Kier molecular flexibility index (Phi) is 3.71. The Labute approximate surface area is 124 Å². The van der Waals surface area contributed by atoms with Gasteiger partial charge >= 0.3 is 0 Å². The fraction of sp³-hybridized carbons (Fsp3) is 0.133. The normalized spacial score (nSPS) is 11.1. The summed E-state index contributed by atoms with van der Waals surface area (Å²) in [6.45, 7) is 0.860. The number of nitrogens with two attached hydrogens (primary N) is 1. The molecule has 0 aliphatic rings. The minimum Gasteiger partial charge on any atom is -0.438 e. The number of nitrogen functional groups attached to an aromatic ring is 1. The predicted molar refractivity (Wildman–Crippen MR) is 81.1 cm³/mol. The molecule has 102 valence electrons. The second kappa shape index (κ2) is 5.64. The minimum atomic E-state index is 0.338. The predicted octanol–water partition coefficient (Wildman–Crippen LogP) is 3.89. The number of halogens is 1. The number of fused-ring (bicyclic) bond motifs is 1. The lowest BCUT2D eigenvalue weighted by molar-refractivity contribution is 0.0907. The van der Waals surface area contributed by atoms with E-state index in [1.165, 1.54) is 0 Å². The zero-order chi connectivity index (χ0) is 13.9. The molecule has 0 spiro atoms. The molecule has 0 bridgehead atoms. The van der Waals surface area contributed by atoms with E-state index in [1.54, 1.807) is 12.1 Å². The van der Waals surface area contributed by atoms with Crippen molar-refractivity contribution in [2.24, 2.45) is 0 Å². The molecule has 5 heteroatoms. The van der Waals surface area contributed by atoms with Crippen molar-refractivity contribution < 1.29 is 9.15 Å². The van der Waals surface area contributed by atoms with Crippen molar-refractivity contribution in [3.63, 3.8) is 0 Å². The Balaban J connectivity index is 1.63. The maximum Gasteiger partial charge on any atom is 0.221 e. The van der Waals surface area contributed by atoms with Crippen LogP contribution in [0.25, 0.3) is 11.1 Å². The van der Waals surface area contributed by atoms with Crippen molar-refractivity contribution >= 4 is 32.7 Å². The number of hydrogen-bond acceptors (Lipinski definition) is 4. The summed E-state index contributed by atoms with van der Waals surface area (Å²) in [6, 6.07) is 13.4. The summed E-state index contributed by atoms with van der Waals surface area (Å²) in [5, 5.41) is 0. The molecule has 0 aliphatic heterocycles. The minimum absolute atomic E-state index is 0.338. The molecule has 1 heterocycles. The molecule has 4 nitrogen and oxygen atoms in total. The monoisotopic (exact) mass is 332 g/mol. The zero-order valence-electron chi connectivity index (χ0n) is 10.7. The molecule has 0 atom stereocenters. The molecule has 1 aromatic heterocycles. The first-order chi connectivity index (χ1) is 9.70. The standard InChI is InChI=1S/C15H13BrN2O2/c16-11-3-1-10(2-4-11)8-19-9-15-18-13-6-5-12(17)7-14(13)20-15/h1-7H,8-9,17H2. The van der Waals surface area contributed by atoms with Crippen molar-refractivity contribution in [1.82, 2.24) is 4.98 Å². The highest BCUT2D eigenvalue weighted by atomic mass is 79.9. The summed E-state index contributed by atoms with van der Waals surface area (Å²) in [5.41, 5.74) is 8.95. The van der Waals surface area contributed by atoms with Crippen LogP contribution in [0.4, 0.5) is 5.69 Å². The fourth-order valence-electron chi connectivity index (χ4n) is 1.89. The van der Waals surface area contributed by atoms with Gasteiger partial charge in [-0.15, -0.1) is 0 Å². The lowest BCUT2D eigenvalue weighted by Gasteiger charge is -2.01. The van der Waals surface area contributed by atoms with Crippen molar-refractivity contribution in [3.05, 3.63) is 58.4 Å². The van der Waals surface area contributed by atoms with Gasteiger partial charge in [0.05, 0.1) is 6.61 Å².